The molecule has 1 N–H and O–H groups in total. The number of rotatable bonds is 7. The molecule has 0 aliphatic heterocycles. The molecular weight excluding hydrogens is 324 g/mol. The second kappa shape index (κ2) is 7.49. The first kappa shape index (κ1) is 16.6. The number of furan rings is 1. The van der Waals surface area contributed by atoms with Crippen molar-refractivity contribution in [1.29, 1.82) is 0 Å². The molecule has 11 nitrogen and oxygen atoms in total. The van der Waals surface area contributed by atoms with Gasteiger partial charge in [-0.1, -0.05) is 6.07 Å². The van der Waals surface area contributed by atoms with E-state index in [-0.39, 0.29) is 17.2 Å². The summed E-state index contributed by atoms with van der Waals surface area (Å²) in [6.07, 6.45) is 1.08. The van der Waals surface area contributed by atoms with Crippen LogP contribution in [0.15, 0.2) is 45.9 Å². The highest BCUT2D eigenvalue weighted by atomic mass is 16.6. The number of hydrogen-bond donors (Lipinski definition) is 1. The summed E-state index contributed by atoms with van der Waals surface area (Å²) in [5.74, 6) is -0.831. The van der Waals surface area contributed by atoms with Crippen molar-refractivity contribution >= 4 is 23.7 Å². The predicted molar refractivity (Wildman–Crippen MR) is 79.7 cm³/mol. The Balaban J connectivity index is 1.82. The van der Waals surface area contributed by atoms with Crippen molar-refractivity contribution < 1.29 is 23.8 Å². The number of nitro benzene ring substituents is 1. The number of nitro groups is 2. The van der Waals surface area contributed by atoms with Gasteiger partial charge in [0.25, 0.3) is 11.6 Å². The van der Waals surface area contributed by atoms with E-state index in [0.717, 1.165) is 12.3 Å². The van der Waals surface area contributed by atoms with Gasteiger partial charge in [-0.2, -0.15) is 5.10 Å². The largest absolute Gasteiger partial charge is 0.483 e. The molecule has 0 saturated carbocycles. The molecule has 0 saturated heterocycles. The fraction of sp³-hybridized carbons (Fsp3) is 0.0769. The molecular formula is C13H10N4O7. The number of amides is 1. The average Bonchev–Trinajstić information content (AvgIpc) is 3.02. The van der Waals surface area contributed by atoms with Gasteiger partial charge in [0.2, 0.25) is 0 Å². The maximum atomic E-state index is 11.5. The lowest BCUT2D eigenvalue weighted by molar-refractivity contribution is -0.402. The van der Waals surface area contributed by atoms with Crippen molar-refractivity contribution in [2.24, 2.45) is 5.10 Å². The van der Waals surface area contributed by atoms with E-state index in [4.69, 9.17) is 9.15 Å². The molecule has 124 valence electrons. The molecule has 0 fully saturated rings. The van der Waals surface area contributed by atoms with Crippen LogP contribution in [0, 0.1) is 20.2 Å². The van der Waals surface area contributed by atoms with E-state index >= 15 is 0 Å². The van der Waals surface area contributed by atoms with Crippen LogP contribution in [0.1, 0.15) is 5.76 Å². The first-order valence-electron chi connectivity index (χ1n) is 6.39. The summed E-state index contributed by atoms with van der Waals surface area (Å²) in [5.41, 5.74) is 1.96. The van der Waals surface area contributed by atoms with Crippen molar-refractivity contribution in [3.8, 4) is 5.75 Å². The summed E-state index contributed by atoms with van der Waals surface area (Å²) < 4.78 is 9.89. The van der Waals surface area contributed by atoms with Gasteiger partial charge in [-0.15, -0.1) is 0 Å². The van der Waals surface area contributed by atoms with Crippen molar-refractivity contribution in [3.05, 3.63) is 62.4 Å². The van der Waals surface area contributed by atoms with Crippen LogP contribution in [0.3, 0.4) is 0 Å². The normalized spacial score (nSPS) is 10.5. The summed E-state index contributed by atoms with van der Waals surface area (Å²) in [6, 6.07) is 7.82. The third-order valence-electron chi connectivity index (χ3n) is 2.57. The van der Waals surface area contributed by atoms with Gasteiger partial charge in [0.15, 0.2) is 12.4 Å². The van der Waals surface area contributed by atoms with Crippen LogP contribution in [0.5, 0.6) is 5.75 Å². The lowest BCUT2D eigenvalue weighted by Gasteiger charge is -2.04. The molecule has 1 amide bonds. The van der Waals surface area contributed by atoms with Gasteiger partial charge in [0.1, 0.15) is 10.7 Å². The molecule has 1 aromatic carbocycles. The van der Waals surface area contributed by atoms with Crippen LogP contribution < -0.4 is 10.2 Å². The Bertz CT molecular complexity index is 799. The second-order valence-corrected chi connectivity index (χ2v) is 4.27. The fourth-order valence-corrected chi connectivity index (χ4v) is 1.55. The molecule has 0 bridgehead atoms. The molecule has 0 unspecified atom stereocenters. The summed E-state index contributed by atoms with van der Waals surface area (Å²) >= 11 is 0. The Labute approximate surface area is 133 Å². The smallest absolute Gasteiger partial charge is 0.433 e. The number of nitrogens with zero attached hydrogens (tertiary/aromatic N) is 3. The highest BCUT2D eigenvalue weighted by Gasteiger charge is 2.10. The average molecular weight is 334 g/mol. The minimum absolute atomic E-state index is 0.0848. The zero-order chi connectivity index (χ0) is 17.5. The topological polar surface area (TPSA) is 150 Å². The van der Waals surface area contributed by atoms with Crippen LogP contribution in [-0.2, 0) is 4.79 Å². The van der Waals surface area contributed by atoms with Gasteiger partial charge in [0.05, 0.1) is 23.3 Å². The first-order valence-corrected chi connectivity index (χ1v) is 6.39. The van der Waals surface area contributed by atoms with Gasteiger partial charge in [-0.25, -0.2) is 5.43 Å². The van der Waals surface area contributed by atoms with Crippen LogP contribution in [-0.4, -0.2) is 28.6 Å². The van der Waals surface area contributed by atoms with Crippen LogP contribution >= 0.6 is 0 Å². The molecule has 11 heteroatoms. The van der Waals surface area contributed by atoms with Crippen LogP contribution in [0.4, 0.5) is 11.6 Å². The van der Waals surface area contributed by atoms with Crippen molar-refractivity contribution in [1.82, 2.24) is 5.43 Å². The molecule has 0 radical (unpaired) electrons. The highest BCUT2D eigenvalue weighted by molar-refractivity contribution is 5.81. The van der Waals surface area contributed by atoms with E-state index in [1.165, 1.54) is 30.3 Å². The van der Waals surface area contributed by atoms with E-state index in [0.29, 0.717) is 0 Å². The number of benzene rings is 1. The van der Waals surface area contributed by atoms with Gasteiger partial charge >= 0.3 is 5.88 Å². The molecule has 2 aromatic rings. The quantitative estimate of drug-likeness (QED) is 0.459. The second-order valence-electron chi connectivity index (χ2n) is 4.27. The van der Waals surface area contributed by atoms with Gasteiger partial charge in [0, 0.05) is 6.07 Å². The Morgan fingerprint density at radius 1 is 1.25 bits per heavy atom. The predicted octanol–water partition coefficient (Wildman–Crippen LogP) is 1.63. The Morgan fingerprint density at radius 3 is 2.71 bits per heavy atom. The zero-order valence-electron chi connectivity index (χ0n) is 11.9. The number of non-ortho nitro benzene ring substituents is 1. The highest BCUT2D eigenvalue weighted by Crippen LogP contribution is 2.18. The molecule has 0 atom stereocenters. The number of hydrazone groups is 1. The molecule has 2 rings (SSSR count). The summed E-state index contributed by atoms with van der Waals surface area (Å²) in [6.45, 7) is -0.420. The Morgan fingerprint density at radius 2 is 2.04 bits per heavy atom. The monoisotopic (exact) mass is 334 g/mol. The van der Waals surface area contributed by atoms with E-state index < -0.39 is 28.2 Å². The van der Waals surface area contributed by atoms with Crippen molar-refractivity contribution in [2.75, 3.05) is 6.61 Å². The maximum Gasteiger partial charge on any atom is 0.433 e. The lowest BCUT2D eigenvalue weighted by atomic mass is 10.3. The Kier molecular flexibility index (Phi) is 5.18. The SMILES string of the molecule is O=C(COc1cccc([N+](=O)[O-])c1)N/N=C/c1ccc([N+](=O)[O-])o1. The number of hydrogen-bond acceptors (Lipinski definition) is 8. The Hall–Kier alpha value is -3.76. The molecule has 0 spiro atoms. The molecule has 1 heterocycles. The molecule has 0 aliphatic carbocycles. The zero-order valence-corrected chi connectivity index (χ0v) is 11.9. The van der Waals surface area contributed by atoms with Gasteiger partial charge in [-0.05, 0) is 12.1 Å². The minimum atomic E-state index is -0.706. The molecule has 0 aliphatic rings. The number of nitrogens with one attached hydrogen (secondary N) is 1. The minimum Gasteiger partial charge on any atom is -0.483 e. The van der Waals surface area contributed by atoms with E-state index in [2.05, 4.69) is 10.5 Å². The lowest BCUT2D eigenvalue weighted by Crippen LogP contribution is -2.24. The van der Waals surface area contributed by atoms with Crippen LogP contribution in [0.2, 0.25) is 0 Å². The van der Waals surface area contributed by atoms with Gasteiger partial charge in [-0.3, -0.25) is 25.0 Å². The van der Waals surface area contributed by atoms with Crippen molar-refractivity contribution in [2.45, 2.75) is 0 Å². The third kappa shape index (κ3) is 4.62. The summed E-state index contributed by atoms with van der Waals surface area (Å²) in [7, 11) is 0. The standard InChI is InChI=1S/C13H10N4O7/c18-12(8-23-10-3-1-2-9(6-10)16(19)20)15-14-7-11-4-5-13(24-11)17(21)22/h1-7H,8H2,(H,15,18)/b14-7+. The number of carbonyl (C=O) groups excluding carboxylic acids is 1. The van der Waals surface area contributed by atoms with Crippen LogP contribution in [0.25, 0.3) is 0 Å². The molecule has 1 aromatic heterocycles. The third-order valence-corrected chi connectivity index (χ3v) is 2.57. The van der Waals surface area contributed by atoms with Crippen molar-refractivity contribution in [3.63, 3.8) is 0 Å². The maximum absolute atomic E-state index is 11.5. The number of ether oxygens (including phenoxy) is 1. The first-order chi connectivity index (χ1) is 11.5. The van der Waals surface area contributed by atoms with Gasteiger partial charge < -0.3 is 9.15 Å². The molecule has 24 heavy (non-hydrogen) atoms. The fourth-order valence-electron chi connectivity index (χ4n) is 1.55. The number of carbonyl (C=O) groups is 1. The van der Waals surface area contributed by atoms with E-state index in [1.807, 2.05) is 0 Å². The van der Waals surface area contributed by atoms with E-state index in [1.54, 1.807) is 0 Å². The summed E-state index contributed by atoms with van der Waals surface area (Å²) in [5, 5.41) is 24.6. The summed E-state index contributed by atoms with van der Waals surface area (Å²) in [4.78, 5) is 31.3. The van der Waals surface area contributed by atoms with E-state index in [9.17, 15) is 25.0 Å².